The zero-order valence-electron chi connectivity index (χ0n) is 19.7. The third-order valence-electron chi connectivity index (χ3n) is 6.03. The largest absolute Gasteiger partial charge is 0.465 e. The van der Waals surface area contributed by atoms with Gasteiger partial charge in [0.05, 0.1) is 19.3 Å². The number of alkyl carbamates (subject to hydrolysis) is 1. The number of amides is 2. The number of ether oxygens (including phenoxy) is 2. The first-order valence-corrected chi connectivity index (χ1v) is 11.6. The Morgan fingerprint density at radius 2 is 1.85 bits per heavy atom. The van der Waals surface area contributed by atoms with Crippen molar-refractivity contribution in [2.24, 2.45) is 5.92 Å². The lowest BCUT2D eigenvalue weighted by Crippen LogP contribution is -2.52. The van der Waals surface area contributed by atoms with Crippen molar-refractivity contribution in [3.63, 3.8) is 0 Å². The highest BCUT2D eigenvalue weighted by Crippen LogP contribution is 2.23. The summed E-state index contributed by atoms with van der Waals surface area (Å²) in [5.41, 5.74) is 0.888. The van der Waals surface area contributed by atoms with Crippen molar-refractivity contribution in [2.75, 3.05) is 32.8 Å². The number of aryl methyl sites for hydroxylation is 1. The molecule has 8 heteroatoms. The van der Waals surface area contributed by atoms with Crippen molar-refractivity contribution in [1.82, 2.24) is 15.5 Å². The van der Waals surface area contributed by atoms with Crippen LogP contribution >= 0.6 is 0 Å². The predicted octanol–water partition coefficient (Wildman–Crippen LogP) is 3.42. The Balaban J connectivity index is 1.60. The second-order valence-corrected chi connectivity index (χ2v) is 8.43. The number of hydrogen-bond donors (Lipinski definition) is 2. The molecule has 0 radical (unpaired) electrons. The molecule has 0 spiro atoms. The Labute approximate surface area is 195 Å². The van der Waals surface area contributed by atoms with Crippen LogP contribution < -0.4 is 10.6 Å². The van der Waals surface area contributed by atoms with Gasteiger partial charge in [-0.2, -0.15) is 0 Å². The molecule has 2 aromatic rings. The quantitative estimate of drug-likeness (QED) is 0.568. The van der Waals surface area contributed by atoms with Gasteiger partial charge in [0.1, 0.15) is 24.2 Å². The van der Waals surface area contributed by atoms with E-state index >= 15 is 0 Å². The first-order chi connectivity index (χ1) is 16.0. The molecule has 1 aromatic carbocycles. The molecule has 2 N–H and O–H groups in total. The van der Waals surface area contributed by atoms with Crippen LogP contribution in [0.4, 0.5) is 4.79 Å². The fourth-order valence-electron chi connectivity index (χ4n) is 3.83. The minimum Gasteiger partial charge on any atom is -0.465 e. The van der Waals surface area contributed by atoms with Gasteiger partial charge in [-0.25, -0.2) is 4.79 Å². The van der Waals surface area contributed by atoms with Crippen LogP contribution in [0.3, 0.4) is 0 Å². The van der Waals surface area contributed by atoms with Crippen LogP contribution in [0.2, 0.25) is 0 Å². The van der Waals surface area contributed by atoms with Gasteiger partial charge in [0.2, 0.25) is 5.91 Å². The standard InChI is InChI=1S/C25H35N3O5/c1-4-18(2)23(27-25(30)32-17-20-8-6-5-7-9-20)24(29)26-16-21(22-11-10-19(3)33-22)28-12-14-31-15-13-28/h5-11,18,21,23H,4,12-17H2,1-3H3,(H,26,29)(H,27,30)/t18-,21?,23-/m0/s1. The minimum atomic E-state index is -0.693. The van der Waals surface area contributed by atoms with Crippen molar-refractivity contribution in [3.05, 3.63) is 59.5 Å². The maximum Gasteiger partial charge on any atom is 0.408 e. The van der Waals surface area contributed by atoms with E-state index in [0.29, 0.717) is 19.8 Å². The second kappa shape index (κ2) is 12.4. The second-order valence-electron chi connectivity index (χ2n) is 8.43. The highest BCUT2D eigenvalue weighted by molar-refractivity contribution is 5.85. The van der Waals surface area contributed by atoms with Gasteiger partial charge in [0.25, 0.3) is 0 Å². The lowest BCUT2D eigenvalue weighted by atomic mass is 9.98. The predicted molar refractivity (Wildman–Crippen MR) is 125 cm³/mol. The smallest absolute Gasteiger partial charge is 0.408 e. The molecule has 0 aliphatic carbocycles. The van der Waals surface area contributed by atoms with Gasteiger partial charge in [-0.05, 0) is 30.5 Å². The zero-order valence-corrected chi connectivity index (χ0v) is 19.7. The van der Waals surface area contributed by atoms with E-state index in [2.05, 4.69) is 15.5 Å². The fraction of sp³-hybridized carbons (Fsp3) is 0.520. The summed E-state index contributed by atoms with van der Waals surface area (Å²) in [5.74, 6) is 1.35. The number of rotatable bonds is 10. The maximum atomic E-state index is 13.1. The molecule has 33 heavy (non-hydrogen) atoms. The van der Waals surface area contributed by atoms with Crippen LogP contribution in [-0.2, 0) is 20.9 Å². The number of nitrogens with zero attached hydrogens (tertiary/aromatic N) is 1. The van der Waals surface area contributed by atoms with Crippen molar-refractivity contribution in [2.45, 2.75) is 45.9 Å². The lowest BCUT2D eigenvalue weighted by Gasteiger charge is -2.34. The first kappa shape index (κ1) is 24.8. The van der Waals surface area contributed by atoms with E-state index in [1.807, 2.05) is 63.2 Å². The van der Waals surface area contributed by atoms with E-state index in [1.54, 1.807) is 0 Å². The number of carbonyl (C=O) groups excluding carboxylic acids is 2. The molecular formula is C25H35N3O5. The Bertz CT molecular complexity index is 879. The zero-order chi connectivity index (χ0) is 23.6. The summed E-state index contributed by atoms with van der Waals surface area (Å²) in [6.07, 6.45) is 0.132. The summed E-state index contributed by atoms with van der Waals surface area (Å²) in [6.45, 7) is 9.18. The molecule has 1 aromatic heterocycles. The molecule has 2 heterocycles. The van der Waals surface area contributed by atoms with Crippen molar-refractivity contribution in [1.29, 1.82) is 0 Å². The third kappa shape index (κ3) is 7.33. The van der Waals surface area contributed by atoms with Gasteiger partial charge in [0.15, 0.2) is 0 Å². The average molecular weight is 458 g/mol. The lowest BCUT2D eigenvalue weighted by molar-refractivity contribution is -0.124. The average Bonchev–Trinajstić information content (AvgIpc) is 3.27. The first-order valence-electron chi connectivity index (χ1n) is 11.6. The van der Waals surface area contributed by atoms with Crippen LogP contribution in [0.5, 0.6) is 0 Å². The van der Waals surface area contributed by atoms with Crippen LogP contribution in [0.25, 0.3) is 0 Å². The van der Waals surface area contributed by atoms with Gasteiger partial charge >= 0.3 is 6.09 Å². The van der Waals surface area contributed by atoms with E-state index in [9.17, 15) is 9.59 Å². The molecule has 2 amide bonds. The number of hydrogen-bond acceptors (Lipinski definition) is 6. The molecule has 1 saturated heterocycles. The highest BCUT2D eigenvalue weighted by Gasteiger charge is 2.30. The molecule has 1 unspecified atom stereocenters. The van der Waals surface area contributed by atoms with E-state index in [-0.39, 0.29) is 24.5 Å². The minimum absolute atomic E-state index is 0.0537. The van der Waals surface area contributed by atoms with E-state index in [4.69, 9.17) is 13.9 Å². The number of morpholine rings is 1. The van der Waals surface area contributed by atoms with Gasteiger partial charge in [0, 0.05) is 19.6 Å². The summed E-state index contributed by atoms with van der Waals surface area (Å²) in [4.78, 5) is 27.8. The fourth-order valence-corrected chi connectivity index (χ4v) is 3.83. The number of carbonyl (C=O) groups is 2. The normalized spacial score (nSPS) is 17.1. The monoisotopic (exact) mass is 457 g/mol. The summed E-state index contributed by atoms with van der Waals surface area (Å²) >= 11 is 0. The summed E-state index contributed by atoms with van der Waals surface area (Å²) in [7, 11) is 0. The van der Waals surface area contributed by atoms with Crippen LogP contribution in [0, 0.1) is 12.8 Å². The Hall–Kier alpha value is -2.84. The van der Waals surface area contributed by atoms with Gasteiger partial charge in [-0.15, -0.1) is 0 Å². The SMILES string of the molecule is CC[C@H](C)[C@H](NC(=O)OCc1ccccc1)C(=O)NCC(c1ccc(C)o1)N1CCOCC1. The van der Waals surface area contributed by atoms with Crippen LogP contribution in [-0.4, -0.2) is 55.8 Å². The molecule has 0 bridgehead atoms. The van der Waals surface area contributed by atoms with Crippen molar-refractivity contribution >= 4 is 12.0 Å². The Morgan fingerprint density at radius 3 is 2.48 bits per heavy atom. The number of nitrogens with one attached hydrogen (secondary N) is 2. The molecule has 0 saturated carbocycles. The molecule has 8 nitrogen and oxygen atoms in total. The van der Waals surface area contributed by atoms with Gasteiger partial charge in [-0.1, -0.05) is 50.6 Å². The molecule has 3 rings (SSSR count). The van der Waals surface area contributed by atoms with Gasteiger partial charge < -0.3 is 24.5 Å². The van der Waals surface area contributed by atoms with E-state index in [0.717, 1.165) is 36.6 Å². The molecule has 1 aliphatic rings. The maximum absolute atomic E-state index is 13.1. The molecule has 1 aliphatic heterocycles. The Kier molecular flexibility index (Phi) is 9.33. The highest BCUT2D eigenvalue weighted by atomic mass is 16.5. The molecular weight excluding hydrogens is 422 g/mol. The summed E-state index contributed by atoms with van der Waals surface area (Å²) in [6, 6.07) is 12.5. The van der Waals surface area contributed by atoms with Gasteiger partial charge in [-0.3, -0.25) is 9.69 Å². The van der Waals surface area contributed by atoms with Crippen LogP contribution in [0.15, 0.2) is 46.9 Å². The van der Waals surface area contributed by atoms with Crippen molar-refractivity contribution in [3.8, 4) is 0 Å². The molecule has 180 valence electrons. The topological polar surface area (TPSA) is 93.0 Å². The third-order valence-corrected chi connectivity index (χ3v) is 6.03. The number of benzene rings is 1. The molecule has 1 fully saturated rings. The Morgan fingerprint density at radius 1 is 1.12 bits per heavy atom. The van der Waals surface area contributed by atoms with E-state index in [1.165, 1.54) is 0 Å². The summed E-state index contributed by atoms with van der Waals surface area (Å²) < 4.78 is 16.7. The number of furan rings is 1. The van der Waals surface area contributed by atoms with Crippen LogP contribution in [0.1, 0.15) is 43.4 Å². The van der Waals surface area contributed by atoms with E-state index < -0.39 is 12.1 Å². The molecule has 3 atom stereocenters. The summed E-state index contributed by atoms with van der Waals surface area (Å²) in [5, 5.41) is 5.79. The van der Waals surface area contributed by atoms with Crippen molar-refractivity contribution < 1.29 is 23.5 Å².